The lowest BCUT2D eigenvalue weighted by Crippen LogP contribution is -2.48. The van der Waals surface area contributed by atoms with E-state index in [2.05, 4.69) is 30.9 Å². The molecule has 0 radical (unpaired) electrons. The number of allylic oxidation sites excluding steroid dienone is 3. The number of fused-ring (bicyclic) bond motifs is 1. The molecular weight excluding hydrogens is 398 g/mol. The Bertz CT molecular complexity index is 711. The molecule has 32 heavy (non-hydrogen) atoms. The van der Waals surface area contributed by atoms with Gasteiger partial charge in [0.15, 0.2) is 0 Å². The van der Waals surface area contributed by atoms with Crippen molar-refractivity contribution in [2.45, 2.75) is 116 Å². The first-order valence-corrected chi connectivity index (χ1v) is 13.3. The Hall–Kier alpha value is -0.680. The normalized spacial score (nSPS) is 41.2. The minimum atomic E-state index is -0.618. The lowest BCUT2D eigenvalue weighted by atomic mass is 9.61. The van der Waals surface area contributed by atoms with Crippen LogP contribution in [-0.4, -0.2) is 57.2 Å². The van der Waals surface area contributed by atoms with Gasteiger partial charge in [-0.05, 0) is 108 Å². The molecule has 7 atom stereocenters. The molecule has 4 fully saturated rings. The maximum Gasteiger partial charge on any atom is 0.0746 e. The zero-order valence-corrected chi connectivity index (χ0v) is 20.9. The Morgan fingerprint density at radius 1 is 1.09 bits per heavy atom. The van der Waals surface area contributed by atoms with E-state index in [-0.39, 0.29) is 0 Å². The minimum absolute atomic E-state index is 0.296. The van der Waals surface area contributed by atoms with Crippen LogP contribution in [0.5, 0.6) is 0 Å². The van der Waals surface area contributed by atoms with Gasteiger partial charge in [0, 0.05) is 12.6 Å². The van der Waals surface area contributed by atoms with E-state index in [1.165, 1.54) is 44.1 Å². The minimum Gasteiger partial charge on any atom is -0.393 e. The lowest BCUT2D eigenvalue weighted by molar-refractivity contribution is -0.0143. The van der Waals surface area contributed by atoms with Gasteiger partial charge in [-0.2, -0.15) is 0 Å². The molecule has 0 aromatic heterocycles. The molecule has 0 bridgehead atoms. The highest BCUT2D eigenvalue weighted by Gasteiger charge is 2.51. The van der Waals surface area contributed by atoms with Crippen molar-refractivity contribution < 1.29 is 15.3 Å². The molecule has 1 aliphatic heterocycles. The summed E-state index contributed by atoms with van der Waals surface area (Å²) in [7, 11) is 0. The molecule has 3 saturated carbocycles. The first-order chi connectivity index (χ1) is 15.1. The first-order valence-electron chi connectivity index (χ1n) is 13.3. The molecule has 4 aliphatic rings. The number of rotatable bonds is 5. The van der Waals surface area contributed by atoms with E-state index in [1.807, 2.05) is 13.8 Å². The highest BCUT2D eigenvalue weighted by Crippen LogP contribution is 2.59. The molecule has 4 heteroatoms. The smallest absolute Gasteiger partial charge is 0.0746 e. The summed E-state index contributed by atoms with van der Waals surface area (Å²) >= 11 is 0. The van der Waals surface area contributed by atoms with Crippen molar-refractivity contribution in [3.05, 3.63) is 23.3 Å². The molecule has 1 heterocycles. The number of aliphatic hydroxyl groups is 3. The van der Waals surface area contributed by atoms with Crippen molar-refractivity contribution in [3.63, 3.8) is 0 Å². The number of hydrogen-bond donors (Lipinski definition) is 3. The lowest BCUT2D eigenvalue weighted by Gasteiger charge is -2.45. The average Bonchev–Trinajstić information content (AvgIpc) is 3.29. The van der Waals surface area contributed by atoms with Crippen LogP contribution in [0, 0.1) is 23.2 Å². The summed E-state index contributed by atoms with van der Waals surface area (Å²) in [5.41, 5.74) is 2.56. The van der Waals surface area contributed by atoms with Gasteiger partial charge in [-0.1, -0.05) is 37.1 Å². The van der Waals surface area contributed by atoms with Gasteiger partial charge in [-0.3, -0.25) is 4.90 Å². The molecule has 1 unspecified atom stereocenters. The van der Waals surface area contributed by atoms with Crippen molar-refractivity contribution in [1.82, 2.24) is 4.90 Å². The highest BCUT2D eigenvalue weighted by atomic mass is 16.3. The monoisotopic (exact) mass is 445 g/mol. The van der Waals surface area contributed by atoms with Gasteiger partial charge in [0.05, 0.1) is 17.8 Å². The third kappa shape index (κ3) is 5.04. The fourth-order valence-electron chi connectivity index (χ4n) is 8.09. The van der Waals surface area contributed by atoms with Crippen LogP contribution >= 0.6 is 0 Å². The summed E-state index contributed by atoms with van der Waals surface area (Å²) in [5.74, 6) is 2.06. The molecule has 0 aromatic rings. The largest absolute Gasteiger partial charge is 0.393 e. The quantitative estimate of drug-likeness (QED) is 0.567. The highest BCUT2D eigenvalue weighted by molar-refractivity contribution is 5.26. The molecular formula is C28H47NO3. The third-order valence-corrected chi connectivity index (χ3v) is 9.50. The van der Waals surface area contributed by atoms with Gasteiger partial charge in [0.25, 0.3) is 0 Å². The van der Waals surface area contributed by atoms with Crippen LogP contribution in [-0.2, 0) is 0 Å². The second-order valence-corrected chi connectivity index (χ2v) is 12.4. The predicted octanol–water partition coefficient (Wildman–Crippen LogP) is 4.83. The molecule has 4 nitrogen and oxygen atoms in total. The summed E-state index contributed by atoms with van der Waals surface area (Å²) in [6.45, 7) is 11.2. The van der Waals surface area contributed by atoms with Crippen LogP contribution in [0.4, 0.5) is 0 Å². The van der Waals surface area contributed by atoms with E-state index < -0.39 is 17.8 Å². The summed E-state index contributed by atoms with van der Waals surface area (Å²) < 4.78 is 0. The van der Waals surface area contributed by atoms with Crippen LogP contribution in [0.1, 0.15) is 91.9 Å². The van der Waals surface area contributed by atoms with Gasteiger partial charge in [0.1, 0.15) is 0 Å². The topological polar surface area (TPSA) is 63.9 Å². The van der Waals surface area contributed by atoms with E-state index in [9.17, 15) is 15.3 Å². The average molecular weight is 446 g/mol. The SMILES string of the molecule is CC(CN1CCC[C@H]1C(C)(C)O)[C@H]1CC[C@H]2/C(=C/C=C3C[C@@H](O)C[C@H](O)C3)CCC[C@]12C. The first kappa shape index (κ1) is 24.4. The van der Waals surface area contributed by atoms with E-state index in [0.29, 0.717) is 42.6 Å². The number of nitrogens with zero attached hydrogens (tertiary/aromatic N) is 1. The second-order valence-electron chi connectivity index (χ2n) is 12.4. The summed E-state index contributed by atoms with van der Waals surface area (Å²) in [5, 5.41) is 30.7. The third-order valence-electron chi connectivity index (χ3n) is 9.50. The van der Waals surface area contributed by atoms with Crippen molar-refractivity contribution in [3.8, 4) is 0 Å². The van der Waals surface area contributed by atoms with Gasteiger partial charge >= 0.3 is 0 Å². The van der Waals surface area contributed by atoms with Gasteiger partial charge in [-0.25, -0.2) is 0 Å². The van der Waals surface area contributed by atoms with Crippen LogP contribution in [0.2, 0.25) is 0 Å². The van der Waals surface area contributed by atoms with Crippen LogP contribution in [0.3, 0.4) is 0 Å². The van der Waals surface area contributed by atoms with E-state index in [1.54, 1.807) is 5.57 Å². The fraction of sp³-hybridized carbons (Fsp3) is 0.857. The van der Waals surface area contributed by atoms with Crippen molar-refractivity contribution in [2.24, 2.45) is 23.2 Å². The zero-order chi connectivity index (χ0) is 23.1. The summed E-state index contributed by atoms with van der Waals surface area (Å²) in [6.07, 6.45) is 14.5. The Balaban J connectivity index is 1.45. The number of aliphatic hydroxyl groups excluding tert-OH is 2. The maximum absolute atomic E-state index is 10.7. The molecule has 4 rings (SSSR count). The molecule has 3 aliphatic carbocycles. The molecule has 182 valence electrons. The second kappa shape index (κ2) is 9.52. The number of hydrogen-bond acceptors (Lipinski definition) is 4. The van der Waals surface area contributed by atoms with Crippen molar-refractivity contribution in [2.75, 3.05) is 13.1 Å². The van der Waals surface area contributed by atoms with Crippen LogP contribution in [0.25, 0.3) is 0 Å². The van der Waals surface area contributed by atoms with Crippen LogP contribution < -0.4 is 0 Å². The van der Waals surface area contributed by atoms with E-state index in [0.717, 1.165) is 25.4 Å². The molecule has 3 N–H and O–H groups in total. The standard InChI is InChI=1S/C28H47NO3/c1-19(18-29-14-6-8-26(29)27(2,3)32)24-11-12-25-21(7-5-13-28(24,25)4)10-9-20-15-22(30)17-23(31)16-20/h9-10,19,22-26,30-32H,5-8,11-18H2,1-4H3/b21-10+/t19?,22-,23-,24-,25+,26+,28-/m1/s1. The van der Waals surface area contributed by atoms with E-state index >= 15 is 0 Å². The predicted molar refractivity (Wildman–Crippen MR) is 130 cm³/mol. The van der Waals surface area contributed by atoms with Crippen molar-refractivity contribution in [1.29, 1.82) is 0 Å². The Labute approximate surface area is 195 Å². The summed E-state index contributed by atoms with van der Waals surface area (Å²) in [4.78, 5) is 2.57. The van der Waals surface area contributed by atoms with Gasteiger partial charge in [-0.15, -0.1) is 0 Å². The van der Waals surface area contributed by atoms with Crippen molar-refractivity contribution >= 4 is 0 Å². The van der Waals surface area contributed by atoms with Gasteiger partial charge in [0.2, 0.25) is 0 Å². The molecule has 0 spiro atoms. The maximum atomic E-state index is 10.7. The molecule has 0 amide bonds. The Kier molecular flexibility index (Phi) is 7.27. The Morgan fingerprint density at radius 2 is 1.81 bits per heavy atom. The molecule has 1 saturated heterocycles. The van der Waals surface area contributed by atoms with Crippen LogP contribution in [0.15, 0.2) is 23.3 Å². The van der Waals surface area contributed by atoms with E-state index in [4.69, 9.17) is 0 Å². The van der Waals surface area contributed by atoms with Gasteiger partial charge < -0.3 is 15.3 Å². The zero-order valence-electron chi connectivity index (χ0n) is 20.9. The Morgan fingerprint density at radius 3 is 2.50 bits per heavy atom. The number of likely N-dealkylation sites (tertiary alicyclic amines) is 1. The molecule has 0 aromatic carbocycles. The fourth-order valence-corrected chi connectivity index (χ4v) is 8.09. The summed E-state index contributed by atoms with van der Waals surface area (Å²) in [6, 6.07) is 0.296.